The van der Waals surface area contributed by atoms with Gasteiger partial charge in [-0.1, -0.05) is 12.1 Å². The Labute approximate surface area is 145 Å². The van der Waals surface area contributed by atoms with Crippen LogP contribution < -0.4 is 10.6 Å². The van der Waals surface area contributed by atoms with Crippen LogP contribution in [0.25, 0.3) is 11.0 Å². The van der Waals surface area contributed by atoms with Gasteiger partial charge in [0, 0.05) is 26.1 Å². The summed E-state index contributed by atoms with van der Waals surface area (Å²) in [5.74, 6) is 1.17. The zero-order valence-electron chi connectivity index (χ0n) is 13.9. The first-order valence-electron chi connectivity index (χ1n) is 8.73. The molecule has 1 aromatic carbocycles. The summed E-state index contributed by atoms with van der Waals surface area (Å²) in [4.78, 5) is 34.5. The van der Waals surface area contributed by atoms with E-state index in [0.29, 0.717) is 18.8 Å². The van der Waals surface area contributed by atoms with Gasteiger partial charge in [0.15, 0.2) is 0 Å². The molecule has 1 aromatic heterocycles. The maximum atomic E-state index is 12.4. The highest BCUT2D eigenvalue weighted by Gasteiger charge is 2.34. The Morgan fingerprint density at radius 3 is 2.92 bits per heavy atom. The molecule has 0 spiro atoms. The number of aromatic nitrogens is 2. The van der Waals surface area contributed by atoms with Crippen LogP contribution in [0.2, 0.25) is 0 Å². The lowest BCUT2D eigenvalue weighted by atomic mass is 10.1. The molecule has 1 unspecified atom stereocenters. The molecular formula is C18H21N5O2. The Balaban J connectivity index is 1.31. The van der Waals surface area contributed by atoms with Gasteiger partial charge in [0.2, 0.25) is 11.8 Å². The predicted molar refractivity (Wildman–Crippen MR) is 93.9 cm³/mol. The number of para-hydroxylation sites is 2. The second-order valence-electron chi connectivity index (χ2n) is 6.72. The smallest absolute Gasteiger partial charge is 0.245 e. The van der Waals surface area contributed by atoms with Crippen LogP contribution in [0.1, 0.15) is 19.3 Å². The number of fused-ring (bicyclic) bond motifs is 1. The van der Waals surface area contributed by atoms with E-state index < -0.39 is 0 Å². The summed E-state index contributed by atoms with van der Waals surface area (Å²) in [5.41, 5.74) is 1.75. The minimum atomic E-state index is -0.328. The van der Waals surface area contributed by atoms with Crippen LogP contribution in [0.5, 0.6) is 0 Å². The Morgan fingerprint density at radius 1 is 1.28 bits per heavy atom. The number of benzene rings is 1. The fourth-order valence-electron chi connectivity index (χ4n) is 3.51. The molecule has 0 bridgehead atoms. The molecule has 2 aliphatic heterocycles. The van der Waals surface area contributed by atoms with E-state index in [9.17, 15) is 9.59 Å². The van der Waals surface area contributed by atoms with Crippen LogP contribution in [0.4, 0.5) is 5.82 Å². The van der Waals surface area contributed by atoms with Crippen LogP contribution in [0, 0.1) is 5.92 Å². The fourth-order valence-corrected chi connectivity index (χ4v) is 3.51. The lowest BCUT2D eigenvalue weighted by molar-refractivity contribution is -0.133. The zero-order chi connectivity index (χ0) is 17.2. The highest BCUT2D eigenvalue weighted by molar-refractivity contribution is 5.90. The molecule has 0 radical (unpaired) electrons. The largest absolute Gasteiger partial charge is 0.368 e. The van der Waals surface area contributed by atoms with Gasteiger partial charge in [0.05, 0.1) is 17.2 Å². The number of nitrogens with one attached hydrogen (secondary N) is 2. The summed E-state index contributed by atoms with van der Waals surface area (Å²) in [6, 6.07) is 7.45. The summed E-state index contributed by atoms with van der Waals surface area (Å²) in [5, 5.41) is 6.09. The number of carbonyl (C=O) groups excluding carboxylic acids is 2. The van der Waals surface area contributed by atoms with Crippen molar-refractivity contribution in [3.05, 3.63) is 30.5 Å². The van der Waals surface area contributed by atoms with Crippen LogP contribution in [0.15, 0.2) is 30.5 Å². The van der Waals surface area contributed by atoms with Crippen LogP contribution >= 0.6 is 0 Å². The molecule has 2 amide bonds. The molecule has 0 aliphatic carbocycles. The third-order valence-electron chi connectivity index (χ3n) is 4.91. The first kappa shape index (κ1) is 15.8. The van der Waals surface area contributed by atoms with Gasteiger partial charge in [-0.05, 0) is 30.9 Å². The quantitative estimate of drug-likeness (QED) is 0.873. The minimum absolute atomic E-state index is 0.0226. The maximum absolute atomic E-state index is 12.4. The van der Waals surface area contributed by atoms with E-state index in [1.165, 1.54) is 0 Å². The third kappa shape index (κ3) is 3.40. The summed E-state index contributed by atoms with van der Waals surface area (Å²) in [7, 11) is 0. The van der Waals surface area contributed by atoms with Crippen molar-refractivity contribution in [2.24, 2.45) is 5.92 Å². The molecule has 2 atom stereocenters. The standard InChI is InChI=1S/C18H21N5O2/c24-17-6-5-15(22-17)18(25)23-8-7-12(11-23)9-20-16-10-19-13-3-1-2-4-14(13)21-16/h1-4,10,12,15H,5-9,11H2,(H,20,21)(H,22,24)/t12?,15-/m1/s1. The van der Waals surface area contributed by atoms with E-state index in [-0.39, 0.29) is 17.9 Å². The van der Waals surface area contributed by atoms with Crippen molar-refractivity contribution < 1.29 is 9.59 Å². The molecule has 0 saturated carbocycles. The van der Waals surface area contributed by atoms with Crippen molar-refractivity contribution >= 4 is 28.7 Å². The molecule has 7 heteroatoms. The molecule has 130 valence electrons. The number of likely N-dealkylation sites (tertiary alicyclic amines) is 1. The molecule has 25 heavy (non-hydrogen) atoms. The molecule has 2 fully saturated rings. The Hall–Kier alpha value is -2.70. The van der Waals surface area contributed by atoms with Gasteiger partial charge in [-0.25, -0.2) is 4.98 Å². The van der Waals surface area contributed by atoms with E-state index in [0.717, 1.165) is 42.9 Å². The first-order chi connectivity index (χ1) is 12.2. The second kappa shape index (κ2) is 6.66. The van der Waals surface area contributed by atoms with Crippen molar-refractivity contribution in [1.82, 2.24) is 20.2 Å². The maximum Gasteiger partial charge on any atom is 0.245 e. The van der Waals surface area contributed by atoms with Crippen molar-refractivity contribution in [2.45, 2.75) is 25.3 Å². The first-order valence-corrected chi connectivity index (χ1v) is 8.73. The summed E-state index contributed by atoms with van der Waals surface area (Å²) < 4.78 is 0. The van der Waals surface area contributed by atoms with Gasteiger partial charge in [-0.15, -0.1) is 0 Å². The summed E-state index contributed by atoms with van der Waals surface area (Å²) >= 11 is 0. The number of rotatable bonds is 4. The van der Waals surface area contributed by atoms with Gasteiger partial charge < -0.3 is 15.5 Å². The van der Waals surface area contributed by atoms with E-state index in [2.05, 4.69) is 20.6 Å². The second-order valence-corrected chi connectivity index (χ2v) is 6.72. The molecule has 2 saturated heterocycles. The molecule has 2 aromatic rings. The molecule has 2 N–H and O–H groups in total. The monoisotopic (exact) mass is 339 g/mol. The van der Waals surface area contributed by atoms with Gasteiger partial charge in [-0.2, -0.15) is 0 Å². The van der Waals surface area contributed by atoms with E-state index in [1.807, 2.05) is 29.2 Å². The number of hydrogen-bond donors (Lipinski definition) is 2. The van der Waals surface area contributed by atoms with Gasteiger partial charge in [-0.3, -0.25) is 14.6 Å². The normalized spacial score (nSPS) is 23.0. The topological polar surface area (TPSA) is 87.2 Å². The number of hydrogen-bond acceptors (Lipinski definition) is 5. The van der Waals surface area contributed by atoms with E-state index in [1.54, 1.807) is 6.20 Å². The van der Waals surface area contributed by atoms with E-state index >= 15 is 0 Å². The van der Waals surface area contributed by atoms with Gasteiger partial charge in [0.1, 0.15) is 11.9 Å². The Bertz CT molecular complexity index is 809. The van der Waals surface area contributed by atoms with Crippen molar-refractivity contribution in [2.75, 3.05) is 25.0 Å². The Morgan fingerprint density at radius 2 is 2.12 bits per heavy atom. The average Bonchev–Trinajstić information content (AvgIpc) is 3.28. The van der Waals surface area contributed by atoms with E-state index in [4.69, 9.17) is 0 Å². The predicted octanol–water partition coefficient (Wildman–Crippen LogP) is 1.17. The fraction of sp³-hybridized carbons (Fsp3) is 0.444. The average molecular weight is 339 g/mol. The molecule has 3 heterocycles. The molecule has 4 rings (SSSR count). The SMILES string of the molecule is O=C1CC[C@H](C(=O)N2CCC(CNc3cnc4ccccc4n3)C2)N1. The summed E-state index contributed by atoms with van der Waals surface area (Å²) in [6.45, 7) is 2.23. The number of anilines is 1. The summed E-state index contributed by atoms with van der Waals surface area (Å²) in [6.07, 6.45) is 3.77. The number of nitrogens with zero attached hydrogens (tertiary/aromatic N) is 3. The van der Waals surface area contributed by atoms with Crippen LogP contribution in [0.3, 0.4) is 0 Å². The molecule has 7 nitrogen and oxygen atoms in total. The highest BCUT2D eigenvalue weighted by Crippen LogP contribution is 2.20. The van der Waals surface area contributed by atoms with Crippen LogP contribution in [-0.4, -0.2) is 52.4 Å². The van der Waals surface area contributed by atoms with Crippen LogP contribution in [-0.2, 0) is 9.59 Å². The lowest BCUT2D eigenvalue weighted by Crippen LogP contribution is -2.43. The Kier molecular flexibility index (Phi) is 4.21. The lowest BCUT2D eigenvalue weighted by Gasteiger charge is -2.20. The van der Waals surface area contributed by atoms with Crippen molar-refractivity contribution in [3.8, 4) is 0 Å². The molecule has 2 aliphatic rings. The highest BCUT2D eigenvalue weighted by atomic mass is 16.2. The van der Waals surface area contributed by atoms with Crippen molar-refractivity contribution in [1.29, 1.82) is 0 Å². The number of amides is 2. The van der Waals surface area contributed by atoms with Gasteiger partial charge in [0.25, 0.3) is 0 Å². The van der Waals surface area contributed by atoms with Crippen molar-refractivity contribution in [3.63, 3.8) is 0 Å². The van der Waals surface area contributed by atoms with Gasteiger partial charge >= 0.3 is 0 Å². The third-order valence-corrected chi connectivity index (χ3v) is 4.91. The number of carbonyl (C=O) groups is 2. The molecular weight excluding hydrogens is 318 g/mol. The minimum Gasteiger partial charge on any atom is -0.368 e. The zero-order valence-corrected chi connectivity index (χ0v) is 13.9.